The Hall–Kier alpha value is -2.33. The van der Waals surface area contributed by atoms with Gasteiger partial charge in [-0.2, -0.15) is 0 Å². The van der Waals surface area contributed by atoms with Gasteiger partial charge in [0.1, 0.15) is 6.10 Å². The largest absolute Gasteiger partial charge is 0.486 e. The molecule has 174 valence electrons. The zero-order valence-corrected chi connectivity index (χ0v) is 19.8. The zero-order chi connectivity index (χ0) is 23.5. The van der Waals surface area contributed by atoms with E-state index in [9.17, 15) is 18.3 Å². The van der Waals surface area contributed by atoms with Crippen molar-refractivity contribution in [2.45, 2.75) is 30.9 Å². The predicted molar refractivity (Wildman–Crippen MR) is 124 cm³/mol. The Balaban J connectivity index is 2.08. The molecule has 3 N–H and O–H groups in total. The molecule has 2 aromatic carbocycles. The molecule has 3 atom stereocenters. The fourth-order valence-electron chi connectivity index (χ4n) is 3.59. The third-order valence-electron chi connectivity index (χ3n) is 5.46. The molecule has 0 unspecified atom stereocenters. The highest BCUT2D eigenvalue weighted by atomic mass is 35.5. The van der Waals surface area contributed by atoms with E-state index >= 15 is 0 Å². The first-order valence-corrected chi connectivity index (χ1v) is 12.2. The summed E-state index contributed by atoms with van der Waals surface area (Å²) in [5, 5.41) is 13.2. The van der Waals surface area contributed by atoms with Crippen molar-refractivity contribution in [2.75, 3.05) is 31.5 Å². The number of sulfonamides is 1. The van der Waals surface area contributed by atoms with Gasteiger partial charge in [0, 0.05) is 24.0 Å². The number of rotatable bonds is 7. The lowest BCUT2D eigenvalue weighted by Crippen LogP contribution is -2.49. The number of anilines is 1. The topological polar surface area (TPSA) is 108 Å². The van der Waals surface area contributed by atoms with Crippen LogP contribution in [0.3, 0.4) is 0 Å². The number of para-hydroxylation sites is 1. The predicted octanol–water partition coefficient (Wildman–Crippen LogP) is 2.58. The van der Waals surface area contributed by atoms with E-state index in [0.29, 0.717) is 18.1 Å². The average Bonchev–Trinajstić information content (AvgIpc) is 2.76. The number of fused-ring (bicyclic) bond motifs is 1. The van der Waals surface area contributed by atoms with Gasteiger partial charge >= 0.3 is 0 Å². The van der Waals surface area contributed by atoms with E-state index in [-0.39, 0.29) is 46.4 Å². The monoisotopic (exact) mass is 481 g/mol. The summed E-state index contributed by atoms with van der Waals surface area (Å²) in [6.45, 7) is 4.43. The van der Waals surface area contributed by atoms with Gasteiger partial charge < -0.3 is 20.1 Å². The first-order chi connectivity index (χ1) is 15.2. The Morgan fingerprint density at radius 2 is 1.94 bits per heavy atom. The first-order valence-electron chi connectivity index (χ1n) is 10.3. The van der Waals surface area contributed by atoms with Gasteiger partial charge in [0.25, 0.3) is 15.9 Å². The summed E-state index contributed by atoms with van der Waals surface area (Å²) in [4.78, 5) is 15.0. The van der Waals surface area contributed by atoms with Crippen LogP contribution in [0.1, 0.15) is 24.2 Å². The van der Waals surface area contributed by atoms with Gasteiger partial charge in [0.05, 0.1) is 28.8 Å². The number of aliphatic hydroxyl groups is 1. The quantitative estimate of drug-likeness (QED) is 0.561. The van der Waals surface area contributed by atoms with Crippen LogP contribution in [0.5, 0.6) is 5.75 Å². The van der Waals surface area contributed by atoms with Gasteiger partial charge in [-0.25, -0.2) is 8.42 Å². The van der Waals surface area contributed by atoms with Crippen molar-refractivity contribution < 1.29 is 23.1 Å². The van der Waals surface area contributed by atoms with E-state index in [2.05, 4.69) is 10.0 Å². The summed E-state index contributed by atoms with van der Waals surface area (Å²) in [5.41, 5.74) is 0.396. The Morgan fingerprint density at radius 1 is 1.25 bits per heavy atom. The Morgan fingerprint density at radius 3 is 2.56 bits per heavy atom. The number of hydrogen-bond donors (Lipinski definition) is 3. The fourth-order valence-corrected chi connectivity index (χ4v) is 4.77. The molecule has 10 heteroatoms. The number of nitrogens with zero attached hydrogens (tertiary/aromatic N) is 1. The fraction of sp³-hybridized carbons (Fsp3) is 0.409. The number of aliphatic hydroxyl groups excluding tert-OH is 1. The lowest BCUT2D eigenvalue weighted by molar-refractivity contribution is 0.0417. The molecule has 0 fully saturated rings. The van der Waals surface area contributed by atoms with Crippen molar-refractivity contribution in [3.05, 3.63) is 53.1 Å². The molecule has 1 amide bonds. The van der Waals surface area contributed by atoms with Crippen LogP contribution in [0.25, 0.3) is 0 Å². The molecule has 2 aromatic rings. The number of halogens is 1. The Labute approximate surface area is 193 Å². The summed E-state index contributed by atoms with van der Waals surface area (Å²) < 4.78 is 34.7. The standard InChI is InChI=1S/C22H28ClN3O5S/c1-14-12-26(15(2)13-27)22(28)18-5-4-6-19(21(18)31-20(14)11-24-3)25-32(29,30)17-9-7-16(23)8-10-17/h4-10,14-15,20,24-25,27H,11-13H2,1-3H3/t14-,15+,20+/m0/s1. The maximum atomic E-state index is 13.4. The van der Waals surface area contributed by atoms with Crippen LogP contribution in [-0.2, 0) is 10.0 Å². The molecule has 0 saturated carbocycles. The minimum absolute atomic E-state index is 0.0346. The second-order valence-electron chi connectivity index (χ2n) is 7.92. The van der Waals surface area contributed by atoms with Crippen LogP contribution in [0.2, 0.25) is 5.02 Å². The third kappa shape index (κ3) is 5.17. The maximum absolute atomic E-state index is 13.4. The molecule has 0 radical (unpaired) electrons. The normalized spacial score (nSPS) is 20.0. The first kappa shape index (κ1) is 24.3. The minimum atomic E-state index is -3.95. The van der Waals surface area contributed by atoms with Gasteiger partial charge in [-0.3, -0.25) is 9.52 Å². The molecule has 0 aliphatic carbocycles. The summed E-state index contributed by atoms with van der Waals surface area (Å²) in [6, 6.07) is 10.1. The van der Waals surface area contributed by atoms with Crippen LogP contribution in [0, 0.1) is 5.92 Å². The Kier molecular flexibility index (Phi) is 7.66. The van der Waals surface area contributed by atoms with Gasteiger partial charge in [-0.15, -0.1) is 0 Å². The van der Waals surface area contributed by atoms with Crippen molar-refractivity contribution in [1.29, 1.82) is 0 Å². The second kappa shape index (κ2) is 10.1. The number of amides is 1. The highest BCUT2D eigenvalue weighted by molar-refractivity contribution is 7.92. The van der Waals surface area contributed by atoms with E-state index in [4.69, 9.17) is 16.3 Å². The number of likely N-dealkylation sites (N-methyl/N-ethyl adjacent to an activating group) is 1. The maximum Gasteiger partial charge on any atom is 0.262 e. The molecular weight excluding hydrogens is 454 g/mol. The number of carbonyl (C=O) groups is 1. The van der Waals surface area contributed by atoms with E-state index in [1.165, 1.54) is 24.3 Å². The lowest BCUT2D eigenvalue weighted by Gasteiger charge is -2.37. The highest BCUT2D eigenvalue weighted by Gasteiger charge is 2.34. The van der Waals surface area contributed by atoms with E-state index in [1.807, 2.05) is 6.92 Å². The molecular formula is C22H28ClN3O5S. The van der Waals surface area contributed by atoms with Gasteiger partial charge in [-0.05, 0) is 50.4 Å². The summed E-state index contributed by atoms with van der Waals surface area (Å²) in [5.74, 6) is -0.240. The molecule has 3 rings (SSSR count). The number of nitrogens with one attached hydrogen (secondary N) is 2. The Bertz CT molecular complexity index is 1060. The zero-order valence-electron chi connectivity index (χ0n) is 18.2. The summed E-state index contributed by atoms with van der Waals surface area (Å²) in [6.07, 6.45) is -0.332. The molecule has 1 aliphatic rings. The van der Waals surface area contributed by atoms with Crippen molar-refractivity contribution in [1.82, 2.24) is 10.2 Å². The molecule has 0 spiro atoms. The second-order valence-corrected chi connectivity index (χ2v) is 10.0. The summed E-state index contributed by atoms with van der Waals surface area (Å²) >= 11 is 5.88. The average molecular weight is 482 g/mol. The number of ether oxygens (including phenoxy) is 1. The third-order valence-corrected chi connectivity index (χ3v) is 7.10. The summed E-state index contributed by atoms with van der Waals surface area (Å²) in [7, 11) is -2.15. The van der Waals surface area contributed by atoms with Crippen LogP contribution >= 0.6 is 11.6 Å². The van der Waals surface area contributed by atoms with Crippen molar-refractivity contribution in [2.24, 2.45) is 5.92 Å². The van der Waals surface area contributed by atoms with Crippen LogP contribution in [-0.4, -0.2) is 63.2 Å². The van der Waals surface area contributed by atoms with Crippen molar-refractivity contribution in [3.8, 4) is 5.75 Å². The van der Waals surface area contributed by atoms with Crippen LogP contribution < -0.4 is 14.8 Å². The van der Waals surface area contributed by atoms with Crippen LogP contribution in [0.15, 0.2) is 47.4 Å². The van der Waals surface area contributed by atoms with Gasteiger partial charge in [-0.1, -0.05) is 24.6 Å². The van der Waals surface area contributed by atoms with Gasteiger partial charge in [0.15, 0.2) is 5.75 Å². The van der Waals surface area contributed by atoms with E-state index < -0.39 is 16.1 Å². The molecule has 0 bridgehead atoms. The van der Waals surface area contributed by atoms with E-state index in [1.54, 1.807) is 37.1 Å². The number of carbonyl (C=O) groups excluding carboxylic acids is 1. The number of hydrogen-bond acceptors (Lipinski definition) is 6. The smallest absolute Gasteiger partial charge is 0.262 e. The molecule has 8 nitrogen and oxygen atoms in total. The van der Waals surface area contributed by atoms with Gasteiger partial charge in [0.2, 0.25) is 0 Å². The number of benzene rings is 2. The van der Waals surface area contributed by atoms with Crippen LogP contribution in [0.4, 0.5) is 5.69 Å². The van der Waals surface area contributed by atoms with E-state index in [0.717, 1.165) is 0 Å². The molecule has 0 aromatic heterocycles. The molecule has 1 heterocycles. The molecule has 1 aliphatic heterocycles. The molecule has 0 saturated heterocycles. The highest BCUT2D eigenvalue weighted by Crippen LogP contribution is 2.35. The molecule has 32 heavy (non-hydrogen) atoms. The lowest BCUT2D eigenvalue weighted by atomic mass is 9.99. The van der Waals surface area contributed by atoms with Crippen molar-refractivity contribution in [3.63, 3.8) is 0 Å². The minimum Gasteiger partial charge on any atom is -0.486 e. The van der Waals surface area contributed by atoms with Crippen molar-refractivity contribution >= 4 is 33.2 Å². The SMILES string of the molecule is CNC[C@H]1Oc2c(NS(=O)(=O)c3ccc(Cl)cc3)cccc2C(=O)N([C@H](C)CO)C[C@@H]1C.